The second-order valence-corrected chi connectivity index (χ2v) is 7.53. The van der Waals surface area contributed by atoms with Crippen molar-refractivity contribution < 1.29 is 19.4 Å². The molecule has 3 heterocycles. The van der Waals surface area contributed by atoms with E-state index in [2.05, 4.69) is 10.2 Å². The first-order valence-electron chi connectivity index (χ1n) is 8.66. The molecule has 138 valence electrons. The molecule has 0 aromatic carbocycles. The van der Waals surface area contributed by atoms with Gasteiger partial charge in [0.05, 0.1) is 23.6 Å². The number of aliphatic hydroxyl groups is 1. The van der Waals surface area contributed by atoms with Gasteiger partial charge in [0.2, 0.25) is 5.91 Å². The van der Waals surface area contributed by atoms with Crippen molar-refractivity contribution in [3.05, 3.63) is 22.4 Å². The molecule has 3 rings (SSSR count). The molecular weight excluding hydrogens is 342 g/mol. The fraction of sp³-hybridized carbons (Fsp3) is 0.647. The van der Waals surface area contributed by atoms with Crippen molar-refractivity contribution in [3.8, 4) is 0 Å². The maximum absolute atomic E-state index is 12.1. The summed E-state index contributed by atoms with van der Waals surface area (Å²) in [5, 5.41) is 15.2. The largest absolute Gasteiger partial charge is 0.388 e. The van der Waals surface area contributed by atoms with Crippen molar-refractivity contribution in [1.29, 1.82) is 0 Å². The highest BCUT2D eigenvalue weighted by Gasteiger charge is 2.38. The third kappa shape index (κ3) is 4.58. The Bertz CT molecular complexity index is 595. The number of hydrogen-bond donors (Lipinski definition) is 2. The highest BCUT2D eigenvalue weighted by atomic mass is 32.1. The molecule has 0 saturated carbocycles. The van der Waals surface area contributed by atoms with Crippen LogP contribution in [0.2, 0.25) is 0 Å². The predicted octanol–water partition coefficient (Wildman–Crippen LogP) is 0.160. The predicted molar refractivity (Wildman–Crippen MR) is 94.6 cm³/mol. The van der Waals surface area contributed by atoms with Crippen LogP contribution in [0.5, 0.6) is 0 Å². The molecule has 2 aliphatic rings. The lowest BCUT2D eigenvalue weighted by Crippen LogP contribution is -2.47. The van der Waals surface area contributed by atoms with Crippen LogP contribution in [0.1, 0.15) is 23.0 Å². The van der Waals surface area contributed by atoms with Crippen molar-refractivity contribution in [2.45, 2.75) is 31.6 Å². The Kier molecular flexibility index (Phi) is 6.06. The zero-order chi connectivity index (χ0) is 17.8. The van der Waals surface area contributed by atoms with Gasteiger partial charge in [0.1, 0.15) is 6.10 Å². The van der Waals surface area contributed by atoms with E-state index in [1.807, 2.05) is 16.3 Å². The van der Waals surface area contributed by atoms with Gasteiger partial charge in [-0.1, -0.05) is 6.07 Å². The highest BCUT2D eigenvalue weighted by Crippen LogP contribution is 2.18. The fourth-order valence-corrected chi connectivity index (χ4v) is 3.97. The van der Waals surface area contributed by atoms with Crippen molar-refractivity contribution >= 4 is 23.2 Å². The number of aliphatic hydroxyl groups excluding tert-OH is 1. The minimum Gasteiger partial charge on any atom is -0.388 e. The number of rotatable bonds is 4. The van der Waals surface area contributed by atoms with E-state index in [1.54, 1.807) is 13.0 Å². The second-order valence-electron chi connectivity index (χ2n) is 6.58. The molecule has 3 atom stereocenters. The Balaban J connectivity index is 1.49. The van der Waals surface area contributed by atoms with E-state index in [1.165, 1.54) is 11.3 Å². The van der Waals surface area contributed by atoms with E-state index in [9.17, 15) is 14.7 Å². The molecular formula is C17H25N3O4S. The fourth-order valence-electron chi connectivity index (χ4n) is 3.34. The third-order valence-electron chi connectivity index (χ3n) is 4.82. The molecule has 0 spiro atoms. The number of thiophene rings is 1. The molecule has 1 aromatic heterocycles. The molecule has 2 N–H and O–H groups in total. The molecule has 0 aliphatic carbocycles. The Morgan fingerprint density at radius 1 is 1.36 bits per heavy atom. The van der Waals surface area contributed by atoms with Crippen LogP contribution in [-0.4, -0.2) is 84.3 Å². The van der Waals surface area contributed by atoms with Gasteiger partial charge in [-0.3, -0.25) is 14.5 Å². The van der Waals surface area contributed by atoms with E-state index in [0.29, 0.717) is 24.6 Å². The van der Waals surface area contributed by atoms with Crippen LogP contribution >= 0.6 is 11.3 Å². The molecule has 2 amide bonds. The summed E-state index contributed by atoms with van der Waals surface area (Å²) in [5.74, 6) is -0.0643. The molecule has 0 radical (unpaired) electrons. The minimum absolute atomic E-state index is 0.107. The molecule has 2 fully saturated rings. The number of carbonyl (C=O) groups is 2. The number of nitrogens with one attached hydrogen (secondary N) is 1. The van der Waals surface area contributed by atoms with Crippen LogP contribution in [0.4, 0.5) is 0 Å². The highest BCUT2D eigenvalue weighted by molar-refractivity contribution is 7.12. The topological polar surface area (TPSA) is 82.1 Å². The molecule has 8 heteroatoms. The SMILES string of the molecule is CC(=O)N1CCCN(CC2OCC(NC(=O)c3cccs3)C2O)CC1. The van der Waals surface area contributed by atoms with E-state index in [4.69, 9.17) is 4.74 Å². The van der Waals surface area contributed by atoms with Gasteiger partial charge in [-0.25, -0.2) is 0 Å². The summed E-state index contributed by atoms with van der Waals surface area (Å²) in [5.41, 5.74) is 0. The molecule has 0 bridgehead atoms. The maximum atomic E-state index is 12.1. The Labute approximate surface area is 151 Å². The Hall–Kier alpha value is -1.48. The Morgan fingerprint density at radius 2 is 2.20 bits per heavy atom. The van der Waals surface area contributed by atoms with Crippen molar-refractivity contribution in [3.63, 3.8) is 0 Å². The van der Waals surface area contributed by atoms with Gasteiger partial charge in [-0.15, -0.1) is 11.3 Å². The molecule has 3 unspecified atom stereocenters. The molecule has 2 aliphatic heterocycles. The average Bonchev–Trinajstić information content (AvgIpc) is 3.15. The van der Waals surface area contributed by atoms with Crippen LogP contribution < -0.4 is 5.32 Å². The van der Waals surface area contributed by atoms with Crippen molar-refractivity contribution in [1.82, 2.24) is 15.1 Å². The summed E-state index contributed by atoms with van der Waals surface area (Å²) in [4.78, 5) is 28.3. The zero-order valence-corrected chi connectivity index (χ0v) is 15.2. The number of hydrogen-bond acceptors (Lipinski definition) is 6. The second kappa shape index (κ2) is 8.27. The number of amides is 2. The summed E-state index contributed by atoms with van der Waals surface area (Å²) >= 11 is 1.37. The number of carbonyl (C=O) groups excluding carboxylic acids is 2. The van der Waals surface area contributed by atoms with Crippen LogP contribution in [-0.2, 0) is 9.53 Å². The van der Waals surface area contributed by atoms with Gasteiger partial charge in [0.15, 0.2) is 0 Å². The van der Waals surface area contributed by atoms with Gasteiger partial charge in [-0.2, -0.15) is 0 Å². The maximum Gasteiger partial charge on any atom is 0.261 e. The molecule has 2 saturated heterocycles. The third-order valence-corrected chi connectivity index (χ3v) is 5.69. The first-order valence-corrected chi connectivity index (χ1v) is 9.54. The summed E-state index contributed by atoms with van der Waals surface area (Å²) in [6.07, 6.45) is -0.130. The van der Waals surface area contributed by atoms with Crippen LogP contribution in [0.3, 0.4) is 0 Å². The zero-order valence-electron chi connectivity index (χ0n) is 14.4. The molecule has 25 heavy (non-hydrogen) atoms. The number of ether oxygens (including phenoxy) is 1. The van der Waals surface area contributed by atoms with Crippen LogP contribution in [0.15, 0.2) is 17.5 Å². The molecule has 1 aromatic rings. The van der Waals surface area contributed by atoms with E-state index in [0.717, 1.165) is 26.1 Å². The monoisotopic (exact) mass is 367 g/mol. The lowest BCUT2D eigenvalue weighted by Gasteiger charge is -2.26. The lowest BCUT2D eigenvalue weighted by atomic mass is 10.1. The first-order chi connectivity index (χ1) is 12.0. The summed E-state index contributed by atoms with van der Waals surface area (Å²) in [7, 11) is 0. The summed E-state index contributed by atoms with van der Waals surface area (Å²) < 4.78 is 5.73. The van der Waals surface area contributed by atoms with Gasteiger partial charge < -0.3 is 20.1 Å². The Morgan fingerprint density at radius 3 is 2.92 bits per heavy atom. The average molecular weight is 367 g/mol. The van der Waals surface area contributed by atoms with Crippen molar-refractivity contribution in [2.75, 3.05) is 39.3 Å². The lowest BCUT2D eigenvalue weighted by molar-refractivity contribution is -0.128. The van der Waals surface area contributed by atoms with Crippen LogP contribution in [0.25, 0.3) is 0 Å². The normalized spacial score (nSPS) is 27.9. The van der Waals surface area contributed by atoms with Crippen LogP contribution in [0, 0.1) is 0 Å². The van der Waals surface area contributed by atoms with Gasteiger partial charge in [-0.05, 0) is 24.4 Å². The van der Waals surface area contributed by atoms with E-state index < -0.39 is 6.10 Å². The summed E-state index contributed by atoms with van der Waals surface area (Å²) in [6.45, 7) is 5.66. The van der Waals surface area contributed by atoms with E-state index in [-0.39, 0.29) is 24.0 Å². The first kappa shape index (κ1) is 18.3. The van der Waals surface area contributed by atoms with Gasteiger partial charge in [0, 0.05) is 33.1 Å². The number of nitrogens with zero attached hydrogens (tertiary/aromatic N) is 2. The minimum atomic E-state index is -0.726. The van der Waals surface area contributed by atoms with Crippen molar-refractivity contribution in [2.24, 2.45) is 0 Å². The quantitative estimate of drug-likeness (QED) is 0.792. The van der Waals surface area contributed by atoms with E-state index >= 15 is 0 Å². The summed E-state index contributed by atoms with van der Waals surface area (Å²) in [6, 6.07) is 3.20. The van der Waals surface area contributed by atoms with Gasteiger partial charge in [0.25, 0.3) is 5.91 Å². The van der Waals surface area contributed by atoms with Gasteiger partial charge >= 0.3 is 0 Å². The smallest absolute Gasteiger partial charge is 0.261 e. The molecule has 7 nitrogen and oxygen atoms in total. The standard InChI is InChI=1S/C17H25N3O4S/c1-12(21)20-6-3-5-19(7-8-20)10-14-16(22)13(11-24-14)18-17(23)15-4-2-9-25-15/h2,4,9,13-14,16,22H,3,5-8,10-11H2,1H3,(H,18,23).